The summed E-state index contributed by atoms with van der Waals surface area (Å²) >= 11 is 0. The van der Waals surface area contributed by atoms with Crippen LogP contribution < -0.4 is 0 Å². The molecule has 1 aromatic rings. The fourth-order valence-electron chi connectivity index (χ4n) is 2.30. The van der Waals surface area contributed by atoms with E-state index in [4.69, 9.17) is 4.43 Å². The minimum absolute atomic E-state index is 0.0459. The first-order valence-electron chi connectivity index (χ1n) is 9.22. The van der Waals surface area contributed by atoms with Crippen molar-refractivity contribution < 1.29 is 9.22 Å². The molecule has 0 aliphatic rings. The van der Waals surface area contributed by atoms with E-state index in [9.17, 15) is 4.79 Å². The number of Topliss-reactive ketones (excluding diaryl/α,β-unsaturated/α-hetero) is 1. The molecule has 0 radical (unpaired) electrons. The van der Waals surface area contributed by atoms with Gasteiger partial charge in [-0.05, 0) is 29.6 Å². The van der Waals surface area contributed by atoms with E-state index in [0.717, 1.165) is 5.56 Å². The summed E-state index contributed by atoms with van der Waals surface area (Å²) in [7, 11) is -1.78. The van der Waals surface area contributed by atoms with Crippen molar-refractivity contribution in [2.75, 3.05) is 6.61 Å². The molecule has 0 saturated heterocycles. The van der Waals surface area contributed by atoms with Crippen LogP contribution >= 0.6 is 0 Å². The zero-order valence-electron chi connectivity index (χ0n) is 17.0. The molecule has 3 heteroatoms. The second-order valence-electron chi connectivity index (χ2n) is 8.67. The lowest BCUT2D eigenvalue weighted by atomic mass is 9.91. The Hall–Kier alpha value is -1.37. The molecule has 1 aromatic carbocycles. The smallest absolute Gasteiger partial charge is 0.193 e. The van der Waals surface area contributed by atoms with Crippen LogP contribution in [-0.2, 0) is 9.22 Å². The van der Waals surface area contributed by atoms with Crippen molar-refractivity contribution in [1.82, 2.24) is 0 Å². The van der Waals surface area contributed by atoms with Crippen molar-refractivity contribution in [2.24, 2.45) is 5.92 Å². The van der Waals surface area contributed by atoms with Crippen LogP contribution in [0.1, 0.15) is 58.9 Å². The molecule has 0 spiro atoms. The van der Waals surface area contributed by atoms with Crippen LogP contribution in [0.15, 0.2) is 30.3 Å². The summed E-state index contributed by atoms with van der Waals surface area (Å²) in [6.45, 7) is 15.7. The van der Waals surface area contributed by atoms with Gasteiger partial charge >= 0.3 is 0 Å². The zero-order valence-corrected chi connectivity index (χ0v) is 18.0. The summed E-state index contributed by atoms with van der Waals surface area (Å²) < 4.78 is 6.13. The van der Waals surface area contributed by atoms with E-state index in [1.165, 1.54) is 0 Å². The molecule has 0 amide bonds. The predicted molar refractivity (Wildman–Crippen MR) is 109 cm³/mol. The first kappa shape index (κ1) is 21.7. The highest BCUT2D eigenvalue weighted by atomic mass is 28.4. The monoisotopic (exact) mass is 358 g/mol. The van der Waals surface area contributed by atoms with Crippen molar-refractivity contribution >= 4 is 14.1 Å². The molecular weight excluding hydrogens is 324 g/mol. The Labute approximate surface area is 155 Å². The molecule has 1 unspecified atom stereocenters. The number of carbonyl (C=O) groups is 1. The molecule has 1 atom stereocenters. The van der Waals surface area contributed by atoms with Gasteiger partial charge < -0.3 is 4.43 Å². The molecule has 0 bridgehead atoms. The summed E-state index contributed by atoms with van der Waals surface area (Å²) in [6.07, 6.45) is 1.10. The van der Waals surface area contributed by atoms with Gasteiger partial charge in [-0.2, -0.15) is 0 Å². The summed E-state index contributed by atoms with van der Waals surface area (Å²) in [4.78, 5) is 12.3. The lowest BCUT2D eigenvalue weighted by Gasteiger charge is -2.35. The molecule has 0 aromatic heterocycles. The Kier molecular flexibility index (Phi) is 8.11. The number of hydrogen-bond acceptors (Lipinski definition) is 2. The second kappa shape index (κ2) is 9.36. The predicted octanol–water partition coefficient (Wildman–Crippen LogP) is 5.80. The van der Waals surface area contributed by atoms with Gasteiger partial charge in [0.05, 0.1) is 12.5 Å². The van der Waals surface area contributed by atoms with Crippen LogP contribution in [0.4, 0.5) is 0 Å². The van der Waals surface area contributed by atoms with Crippen molar-refractivity contribution in [1.29, 1.82) is 0 Å². The highest BCUT2D eigenvalue weighted by molar-refractivity contribution is 6.74. The lowest BCUT2D eigenvalue weighted by molar-refractivity contribution is -0.119. The molecule has 2 nitrogen and oxygen atoms in total. The van der Waals surface area contributed by atoms with Gasteiger partial charge in [0, 0.05) is 12.8 Å². The third-order valence-corrected chi connectivity index (χ3v) is 9.34. The van der Waals surface area contributed by atoms with E-state index in [1.807, 2.05) is 18.2 Å². The maximum atomic E-state index is 12.3. The third-order valence-electron chi connectivity index (χ3n) is 4.86. The highest BCUT2D eigenvalue weighted by Gasteiger charge is 2.36. The number of hydrogen-bond donors (Lipinski definition) is 0. The van der Waals surface area contributed by atoms with Gasteiger partial charge in [0.25, 0.3) is 0 Å². The van der Waals surface area contributed by atoms with Crippen molar-refractivity contribution in [3.63, 3.8) is 0 Å². The van der Waals surface area contributed by atoms with Crippen molar-refractivity contribution in [3.8, 4) is 11.8 Å². The van der Waals surface area contributed by atoms with Crippen molar-refractivity contribution in [3.05, 3.63) is 35.9 Å². The van der Waals surface area contributed by atoms with E-state index in [2.05, 4.69) is 71.7 Å². The second-order valence-corrected chi connectivity index (χ2v) is 13.5. The van der Waals surface area contributed by atoms with Gasteiger partial charge in [-0.15, -0.1) is 0 Å². The zero-order chi connectivity index (χ0) is 19.1. The number of carbonyl (C=O) groups excluding carboxylic acids is 1. The Morgan fingerprint density at radius 1 is 1.12 bits per heavy atom. The molecule has 0 fully saturated rings. The number of benzene rings is 1. The Bertz CT molecular complexity index is 600. The van der Waals surface area contributed by atoms with E-state index in [-0.39, 0.29) is 16.7 Å². The van der Waals surface area contributed by atoms with Crippen LogP contribution in [-0.4, -0.2) is 20.7 Å². The van der Waals surface area contributed by atoms with E-state index < -0.39 is 8.32 Å². The Morgan fingerprint density at radius 3 is 2.24 bits per heavy atom. The average molecular weight is 359 g/mol. The Balaban J connectivity index is 2.80. The van der Waals surface area contributed by atoms with Gasteiger partial charge in [-0.1, -0.05) is 76.8 Å². The number of rotatable bonds is 7. The third kappa shape index (κ3) is 7.58. The van der Waals surface area contributed by atoms with Gasteiger partial charge in [-0.3, -0.25) is 4.79 Å². The van der Waals surface area contributed by atoms with Gasteiger partial charge in [0.1, 0.15) is 5.78 Å². The molecule has 0 heterocycles. The maximum absolute atomic E-state index is 12.3. The average Bonchev–Trinajstić information content (AvgIpc) is 2.49. The van der Waals surface area contributed by atoms with Gasteiger partial charge in [0.15, 0.2) is 8.32 Å². The molecule has 1 rings (SSSR count). The summed E-state index contributed by atoms with van der Waals surface area (Å²) in [5, 5.41) is 0.181. The first-order valence-corrected chi connectivity index (χ1v) is 12.1. The molecule has 0 aliphatic carbocycles. The maximum Gasteiger partial charge on any atom is 0.193 e. The summed E-state index contributed by atoms with van der Waals surface area (Å²) in [5.74, 6) is 7.09. The Morgan fingerprint density at radius 2 is 1.72 bits per heavy atom. The van der Waals surface area contributed by atoms with Gasteiger partial charge in [-0.25, -0.2) is 0 Å². The molecule has 0 N–H and O–H groups in total. The number of ketones is 1. The van der Waals surface area contributed by atoms with Crippen LogP contribution in [0.25, 0.3) is 0 Å². The normalized spacial score (nSPS) is 13.3. The van der Waals surface area contributed by atoms with Crippen LogP contribution in [0.3, 0.4) is 0 Å². The molecule has 0 saturated carbocycles. The van der Waals surface area contributed by atoms with Gasteiger partial charge in [0.2, 0.25) is 0 Å². The minimum Gasteiger partial charge on any atom is -0.406 e. The van der Waals surface area contributed by atoms with E-state index in [0.29, 0.717) is 25.4 Å². The SMILES string of the molecule is CC(C)CC(=O)CC(C#CCO[Si](C)(C)C(C)(C)C)c1ccccc1. The topological polar surface area (TPSA) is 26.3 Å². The molecular formula is C22H34O2Si. The fourth-order valence-corrected chi connectivity index (χ4v) is 3.17. The van der Waals surface area contributed by atoms with Crippen molar-refractivity contribution in [2.45, 2.75) is 71.5 Å². The van der Waals surface area contributed by atoms with Crippen LogP contribution in [0, 0.1) is 17.8 Å². The summed E-state index contributed by atoms with van der Waals surface area (Å²) in [5.41, 5.74) is 1.11. The largest absolute Gasteiger partial charge is 0.406 e. The minimum atomic E-state index is -1.78. The highest BCUT2D eigenvalue weighted by Crippen LogP contribution is 2.36. The van der Waals surface area contributed by atoms with Crippen LogP contribution in [0.2, 0.25) is 18.1 Å². The molecule has 138 valence electrons. The fraction of sp³-hybridized carbons (Fsp3) is 0.591. The van der Waals surface area contributed by atoms with E-state index >= 15 is 0 Å². The first-order chi connectivity index (χ1) is 11.5. The summed E-state index contributed by atoms with van der Waals surface area (Å²) in [6, 6.07) is 10.1. The quantitative estimate of drug-likeness (QED) is 0.455. The molecule has 0 aliphatic heterocycles. The van der Waals surface area contributed by atoms with Crippen LogP contribution in [0.5, 0.6) is 0 Å². The standard InChI is InChI=1S/C22H34O2Si/c1-18(2)16-21(23)17-20(19-12-9-8-10-13-19)14-11-15-24-25(6,7)22(3,4)5/h8-10,12-13,18,20H,15-17H2,1-7H3. The molecule has 25 heavy (non-hydrogen) atoms. The van der Waals surface area contributed by atoms with E-state index in [1.54, 1.807) is 0 Å². The lowest BCUT2D eigenvalue weighted by Crippen LogP contribution is -2.40.